The molecule has 0 aliphatic carbocycles. The van der Waals surface area contributed by atoms with Crippen molar-refractivity contribution in [2.75, 3.05) is 0 Å². The largest absolute Gasteiger partial charge is 0.507 e. The van der Waals surface area contributed by atoms with Gasteiger partial charge in [0.2, 0.25) is 0 Å². The maximum atomic E-state index is 9.52. The minimum Gasteiger partial charge on any atom is -0.507 e. The lowest BCUT2D eigenvalue weighted by Crippen LogP contribution is -1.79. The average Bonchev–Trinajstić information content (AvgIpc) is 2.18. The molecule has 0 aliphatic heterocycles. The Balaban J connectivity index is 2.67. The van der Waals surface area contributed by atoms with Crippen LogP contribution in [0.25, 0.3) is 10.8 Å². The molecule has 2 N–H and O–H groups in total. The molecule has 2 aromatic carbocycles. The first-order valence-electron chi connectivity index (χ1n) is 4.45. The Morgan fingerprint density at radius 1 is 1.31 bits per heavy atom. The van der Waals surface area contributed by atoms with Crippen LogP contribution in [0.1, 0.15) is 5.56 Å². The van der Waals surface area contributed by atoms with Crippen LogP contribution in [0, 0.1) is 5.40 Å². The molecule has 2 nitrogen and oxygen atoms in total. The standard InChI is InChI=1S/C11H9NO/c12-7-8-4-5-10-9(6-8)2-1-3-11(10)13/h1-7,12-13H/b12-7+/i/hD. The van der Waals surface area contributed by atoms with Gasteiger partial charge in [-0.25, -0.2) is 0 Å². The van der Waals surface area contributed by atoms with Crippen LogP contribution in [0.2, 0.25) is 1.41 Å². The van der Waals surface area contributed by atoms with Gasteiger partial charge < -0.3 is 10.5 Å². The molecule has 13 heavy (non-hydrogen) atoms. The number of rotatable bonds is 1. The van der Waals surface area contributed by atoms with Gasteiger partial charge in [0.25, 0.3) is 0 Å². The van der Waals surface area contributed by atoms with Gasteiger partial charge in [-0.1, -0.05) is 24.3 Å². The quantitative estimate of drug-likeness (QED) is 0.638. The number of fused-ring (bicyclic) bond motifs is 1. The van der Waals surface area contributed by atoms with Crippen molar-refractivity contribution >= 4 is 17.0 Å². The summed E-state index contributed by atoms with van der Waals surface area (Å²) in [6.07, 6.45) is 1.46. The summed E-state index contributed by atoms with van der Waals surface area (Å²) in [7, 11) is 0. The van der Waals surface area contributed by atoms with E-state index in [1.54, 1.807) is 12.1 Å². The van der Waals surface area contributed by atoms with E-state index in [0.29, 0.717) is 0 Å². The van der Waals surface area contributed by atoms with Crippen molar-refractivity contribution in [1.29, 1.82) is 5.40 Å². The smallest absolute Gasteiger partial charge is 0.187 e. The molecule has 0 saturated carbocycles. The van der Waals surface area contributed by atoms with Crippen molar-refractivity contribution in [3.8, 4) is 5.75 Å². The normalized spacial score (nSPS) is 12.2. The predicted octanol–water partition coefficient (Wildman–Crippen LogP) is 2.54. The average molecular weight is 172 g/mol. The Hall–Kier alpha value is -1.83. The van der Waals surface area contributed by atoms with E-state index >= 15 is 0 Å². The zero-order chi connectivity index (χ0) is 9.97. The maximum Gasteiger partial charge on any atom is 0.187 e. The van der Waals surface area contributed by atoms with E-state index in [0.717, 1.165) is 16.3 Å². The number of benzene rings is 2. The number of hydrogen-bond donors (Lipinski definition) is 2. The number of phenols is 1. The van der Waals surface area contributed by atoms with Gasteiger partial charge in [-0.2, -0.15) is 0 Å². The molecule has 0 saturated heterocycles. The molecule has 0 spiro atoms. The number of hydrogen-bond acceptors (Lipinski definition) is 2. The fourth-order valence-electron chi connectivity index (χ4n) is 1.37. The van der Waals surface area contributed by atoms with Gasteiger partial charge in [0.1, 0.15) is 5.75 Å². The van der Waals surface area contributed by atoms with Crippen molar-refractivity contribution in [1.82, 2.24) is 0 Å². The molecule has 0 aromatic heterocycles. The molecule has 0 heterocycles. The topological polar surface area (TPSA) is 44.1 Å². The van der Waals surface area contributed by atoms with E-state index in [4.69, 9.17) is 1.41 Å². The zero-order valence-electron chi connectivity index (χ0n) is 7.94. The van der Waals surface area contributed by atoms with Crippen molar-refractivity contribution in [2.45, 2.75) is 0 Å². The van der Waals surface area contributed by atoms with E-state index in [1.165, 1.54) is 6.21 Å². The summed E-state index contributed by atoms with van der Waals surface area (Å²) in [5.41, 5.74) is 0.859. The molecule has 0 atom stereocenters. The molecule has 0 radical (unpaired) electrons. The third-order valence-corrected chi connectivity index (χ3v) is 2.03. The summed E-state index contributed by atoms with van der Waals surface area (Å²) in [5, 5.41) is 14.5. The van der Waals surface area contributed by atoms with E-state index in [1.807, 2.05) is 24.3 Å². The first kappa shape index (κ1) is 6.66. The van der Waals surface area contributed by atoms with Gasteiger partial charge in [-0.3, -0.25) is 0 Å². The summed E-state index contributed by atoms with van der Waals surface area (Å²) in [6.45, 7) is 0. The molecule has 2 rings (SSSR count). The Bertz CT molecular complexity index is 494. The molecule has 0 amide bonds. The third kappa shape index (κ3) is 1.26. The van der Waals surface area contributed by atoms with Crippen LogP contribution < -0.4 is 0 Å². The summed E-state index contributed by atoms with van der Waals surface area (Å²) in [6, 6.07) is 10.9. The molecule has 0 aliphatic rings. The Labute approximate surface area is 77.4 Å². The SMILES string of the molecule is [2H]/N=C/c1ccc2c(O)cccc2c1. The van der Waals surface area contributed by atoms with E-state index in [-0.39, 0.29) is 5.75 Å². The van der Waals surface area contributed by atoms with Crippen molar-refractivity contribution in [3.05, 3.63) is 42.0 Å². The minimum atomic E-state index is 0.275. The summed E-state index contributed by atoms with van der Waals surface area (Å²) in [5.74, 6) is 0.275. The Morgan fingerprint density at radius 2 is 2.23 bits per heavy atom. The molecule has 0 fully saturated rings. The molecule has 0 unspecified atom stereocenters. The van der Waals surface area contributed by atoms with Crippen LogP contribution in [0.4, 0.5) is 0 Å². The van der Waals surface area contributed by atoms with Crippen LogP contribution in [0.15, 0.2) is 36.4 Å². The predicted molar refractivity (Wildman–Crippen MR) is 53.5 cm³/mol. The van der Waals surface area contributed by atoms with Gasteiger partial charge in [-0.05, 0) is 23.1 Å². The van der Waals surface area contributed by atoms with Crippen molar-refractivity contribution in [3.63, 3.8) is 0 Å². The molecular weight excluding hydrogens is 162 g/mol. The summed E-state index contributed by atoms with van der Waals surface area (Å²) >= 11 is 0. The van der Waals surface area contributed by atoms with Gasteiger partial charge in [0.15, 0.2) is 1.41 Å². The second kappa shape index (κ2) is 2.90. The number of nitrogens with one attached hydrogen (secondary N) is 1. The van der Waals surface area contributed by atoms with Crippen LogP contribution in [0.5, 0.6) is 5.75 Å². The van der Waals surface area contributed by atoms with E-state index < -0.39 is 0 Å². The maximum absolute atomic E-state index is 9.52. The summed E-state index contributed by atoms with van der Waals surface area (Å²) < 4.78 is 6.71. The fraction of sp³-hybridized carbons (Fsp3) is 0. The highest BCUT2D eigenvalue weighted by Gasteiger charge is 1.98. The molecule has 2 heteroatoms. The first-order valence-corrected chi connectivity index (χ1v) is 4.00. The monoisotopic (exact) mass is 172 g/mol. The van der Waals surface area contributed by atoms with E-state index in [9.17, 15) is 5.11 Å². The second-order valence-electron chi connectivity index (χ2n) is 2.89. The highest BCUT2D eigenvalue weighted by atomic mass is 16.3. The highest BCUT2D eigenvalue weighted by molar-refractivity contribution is 5.92. The molecule has 2 aromatic rings. The van der Waals surface area contributed by atoms with E-state index in [2.05, 4.69) is 5.40 Å². The number of phenolic OH excluding ortho intramolecular Hbond substituents is 1. The fourth-order valence-corrected chi connectivity index (χ4v) is 1.37. The lowest BCUT2D eigenvalue weighted by Gasteiger charge is -2.00. The summed E-state index contributed by atoms with van der Waals surface area (Å²) in [4.78, 5) is 0. The first-order chi connectivity index (χ1) is 6.81. The number of aromatic hydroxyl groups is 1. The Kier molecular flexibility index (Phi) is 1.49. The third-order valence-electron chi connectivity index (χ3n) is 2.03. The van der Waals surface area contributed by atoms with Gasteiger partial charge >= 0.3 is 0 Å². The van der Waals surface area contributed by atoms with Crippen LogP contribution in [0.3, 0.4) is 0 Å². The van der Waals surface area contributed by atoms with Crippen LogP contribution in [-0.2, 0) is 0 Å². The van der Waals surface area contributed by atoms with Gasteiger partial charge in [-0.15, -0.1) is 0 Å². The minimum absolute atomic E-state index is 0.275. The lowest BCUT2D eigenvalue weighted by atomic mass is 10.1. The Morgan fingerprint density at radius 3 is 3.08 bits per heavy atom. The lowest BCUT2D eigenvalue weighted by molar-refractivity contribution is 0.481. The molecular formula is C11H9NO. The van der Waals surface area contributed by atoms with Crippen molar-refractivity contribution < 1.29 is 6.52 Å². The zero-order valence-corrected chi connectivity index (χ0v) is 6.94. The van der Waals surface area contributed by atoms with Crippen LogP contribution in [-0.4, -0.2) is 11.3 Å². The van der Waals surface area contributed by atoms with Gasteiger partial charge in [0.05, 0.1) is 0 Å². The molecule has 0 bridgehead atoms. The second-order valence-corrected chi connectivity index (χ2v) is 2.89. The molecule has 64 valence electrons. The van der Waals surface area contributed by atoms with Crippen LogP contribution >= 0.6 is 0 Å². The highest BCUT2D eigenvalue weighted by Crippen LogP contribution is 2.24. The van der Waals surface area contributed by atoms with Crippen molar-refractivity contribution in [2.24, 2.45) is 0 Å². The van der Waals surface area contributed by atoms with Gasteiger partial charge in [0, 0.05) is 11.6 Å².